The van der Waals surface area contributed by atoms with Gasteiger partial charge in [0, 0.05) is 19.3 Å². The number of nitrogens with one attached hydrogen (secondary N) is 1. The van der Waals surface area contributed by atoms with Crippen molar-refractivity contribution in [2.45, 2.75) is 38.3 Å². The van der Waals surface area contributed by atoms with Crippen molar-refractivity contribution in [3.63, 3.8) is 0 Å². The normalized spacial score (nSPS) is 18.6. The lowest BCUT2D eigenvalue weighted by Crippen LogP contribution is -2.69. The number of rotatable bonds is 4. The number of nitrogens with zero attached hydrogens (tertiary/aromatic N) is 6. The van der Waals surface area contributed by atoms with Crippen molar-refractivity contribution in [3.05, 3.63) is 64.4 Å². The first kappa shape index (κ1) is 23.4. The highest BCUT2D eigenvalue weighted by molar-refractivity contribution is 9.10. The molecule has 0 bridgehead atoms. The lowest BCUT2D eigenvalue weighted by molar-refractivity contribution is -0.153. The second-order valence-corrected chi connectivity index (χ2v) is 9.92. The summed E-state index contributed by atoms with van der Waals surface area (Å²) in [4.78, 5) is 39.1. The van der Waals surface area contributed by atoms with E-state index in [9.17, 15) is 14.0 Å². The Hall–Kier alpha value is -3.34. The molecule has 0 aromatic carbocycles. The zero-order chi connectivity index (χ0) is 24.7. The summed E-state index contributed by atoms with van der Waals surface area (Å²) in [6.07, 6.45) is 4.98. The van der Waals surface area contributed by atoms with Crippen LogP contribution in [0.15, 0.2) is 47.5 Å². The Balaban J connectivity index is 1.32. The van der Waals surface area contributed by atoms with Gasteiger partial charge in [0.15, 0.2) is 11.6 Å². The number of carbonyl (C=O) groups excluding carboxylic acids is 2. The fourth-order valence-electron chi connectivity index (χ4n) is 4.79. The Morgan fingerprint density at radius 2 is 1.91 bits per heavy atom. The van der Waals surface area contributed by atoms with Crippen LogP contribution in [0.5, 0.6) is 0 Å². The van der Waals surface area contributed by atoms with Crippen molar-refractivity contribution in [1.29, 1.82) is 0 Å². The smallest absolute Gasteiger partial charge is 0.249 e. The third-order valence-corrected chi connectivity index (χ3v) is 7.14. The summed E-state index contributed by atoms with van der Waals surface area (Å²) in [6.45, 7) is 5.10. The minimum Gasteiger partial charge on any atom is -0.356 e. The Labute approximate surface area is 210 Å². The lowest BCUT2D eigenvalue weighted by atomic mass is 9.83. The molecule has 2 saturated heterocycles. The molecule has 2 fully saturated rings. The summed E-state index contributed by atoms with van der Waals surface area (Å²) >= 11 is 3.45. The largest absolute Gasteiger partial charge is 0.356 e. The zero-order valence-corrected chi connectivity index (χ0v) is 21.0. The van der Waals surface area contributed by atoms with Crippen molar-refractivity contribution in [3.8, 4) is 5.82 Å². The molecule has 2 aliphatic heterocycles. The molecule has 35 heavy (non-hydrogen) atoms. The fraction of sp³-hybridized carbons (Fsp3) is 0.375. The second kappa shape index (κ2) is 9.03. The van der Waals surface area contributed by atoms with E-state index < -0.39 is 11.4 Å². The molecule has 1 spiro atoms. The van der Waals surface area contributed by atoms with Crippen LogP contribution in [0.25, 0.3) is 5.82 Å². The molecule has 5 rings (SSSR count). The van der Waals surface area contributed by atoms with Crippen LogP contribution in [0.3, 0.4) is 0 Å². The van der Waals surface area contributed by atoms with Gasteiger partial charge in [-0.15, -0.1) is 0 Å². The molecule has 3 aromatic rings. The van der Waals surface area contributed by atoms with Crippen LogP contribution in [-0.2, 0) is 9.59 Å². The van der Waals surface area contributed by atoms with Gasteiger partial charge in [-0.25, -0.2) is 19.0 Å². The van der Waals surface area contributed by atoms with Gasteiger partial charge in [0.05, 0.1) is 18.4 Å². The van der Waals surface area contributed by atoms with Crippen molar-refractivity contribution in [2.24, 2.45) is 0 Å². The van der Waals surface area contributed by atoms with Crippen molar-refractivity contribution in [2.75, 3.05) is 24.5 Å². The van der Waals surface area contributed by atoms with E-state index in [-0.39, 0.29) is 24.4 Å². The first-order chi connectivity index (χ1) is 16.7. The maximum absolute atomic E-state index is 13.7. The van der Waals surface area contributed by atoms with Crippen LogP contribution in [0, 0.1) is 12.7 Å². The van der Waals surface area contributed by atoms with E-state index in [1.807, 2.05) is 32.0 Å². The quantitative estimate of drug-likeness (QED) is 0.510. The molecule has 0 saturated carbocycles. The van der Waals surface area contributed by atoms with Crippen molar-refractivity contribution < 1.29 is 14.0 Å². The van der Waals surface area contributed by atoms with E-state index in [0.29, 0.717) is 31.7 Å². The molecule has 9 nitrogen and oxygen atoms in total. The number of aromatic nitrogens is 4. The highest BCUT2D eigenvalue weighted by atomic mass is 79.9. The Morgan fingerprint density at radius 3 is 2.54 bits per heavy atom. The summed E-state index contributed by atoms with van der Waals surface area (Å²) in [5.41, 5.74) is 0.952. The van der Waals surface area contributed by atoms with E-state index in [1.165, 1.54) is 10.9 Å². The standard InChI is InChI=1S/C24H25BrFN7O2/c1-15-9-19(25)29-21(10-15)31-7-5-24(6-8-31)23(35)32(14-22(34)30-24)16(2)17-3-4-20(27-11-17)33-13-18(26)12-28-33/h3-4,9-13,16H,5-8,14H2,1-2H3,(H,30,34). The predicted octanol–water partition coefficient (Wildman–Crippen LogP) is 2.93. The highest BCUT2D eigenvalue weighted by Gasteiger charge is 2.49. The van der Waals surface area contributed by atoms with E-state index in [0.717, 1.165) is 27.7 Å². The van der Waals surface area contributed by atoms with Gasteiger partial charge < -0.3 is 15.1 Å². The first-order valence-electron chi connectivity index (χ1n) is 11.4. The monoisotopic (exact) mass is 541 g/mol. The van der Waals surface area contributed by atoms with E-state index in [2.05, 4.69) is 41.2 Å². The minimum absolute atomic E-state index is 0.00995. The Morgan fingerprint density at radius 1 is 1.14 bits per heavy atom. The number of anilines is 1. The topological polar surface area (TPSA) is 96.2 Å². The SMILES string of the molecule is Cc1cc(Br)nc(N2CCC3(CC2)NC(=O)CN(C(C)c2ccc(-n4cc(F)cn4)nc2)C3=O)c1. The van der Waals surface area contributed by atoms with Crippen LogP contribution < -0.4 is 10.2 Å². The Bertz CT molecular complexity index is 1250. The number of hydrogen-bond acceptors (Lipinski definition) is 6. The molecular formula is C24H25BrFN7O2. The maximum atomic E-state index is 13.7. The van der Waals surface area contributed by atoms with Gasteiger partial charge in [-0.1, -0.05) is 6.07 Å². The number of piperazine rings is 1. The zero-order valence-electron chi connectivity index (χ0n) is 19.4. The molecule has 5 heterocycles. The minimum atomic E-state index is -0.929. The maximum Gasteiger partial charge on any atom is 0.249 e. The van der Waals surface area contributed by atoms with E-state index >= 15 is 0 Å². The second-order valence-electron chi connectivity index (χ2n) is 9.10. The van der Waals surface area contributed by atoms with Crippen LogP contribution in [-0.4, -0.2) is 61.6 Å². The average Bonchev–Trinajstić information content (AvgIpc) is 3.27. The van der Waals surface area contributed by atoms with Gasteiger partial charge in [-0.3, -0.25) is 9.59 Å². The van der Waals surface area contributed by atoms with Gasteiger partial charge >= 0.3 is 0 Å². The third-order valence-electron chi connectivity index (χ3n) is 6.74. The molecule has 1 atom stereocenters. The van der Waals surface area contributed by atoms with Crippen LogP contribution >= 0.6 is 15.9 Å². The number of amides is 2. The summed E-state index contributed by atoms with van der Waals surface area (Å²) in [7, 11) is 0. The first-order valence-corrected chi connectivity index (χ1v) is 12.2. The summed E-state index contributed by atoms with van der Waals surface area (Å²) in [5, 5.41) is 6.91. The molecule has 0 radical (unpaired) electrons. The van der Waals surface area contributed by atoms with E-state index in [4.69, 9.17) is 0 Å². The van der Waals surface area contributed by atoms with Crippen molar-refractivity contribution in [1.82, 2.24) is 30.0 Å². The van der Waals surface area contributed by atoms with Gasteiger partial charge in [-0.2, -0.15) is 5.10 Å². The van der Waals surface area contributed by atoms with Crippen LogP contribution in [0.2, 0.25) is 0 Å². The summed E-state index contributed by atoms with van der Waals surface area (Å²) in [6, 6.07) is 7.16. The lowest BCUT2D eigenvalue weighted by Gasteiger charge is -2.48. The number of hydrogen-bond donors (Lipinski definition) is 1. The number of aryl methyl sites for hydroxylation is 1. The van der Waals surface area contributed by atoms with Crippen LogP contribution in [0.1, 0.15) is 36.9 Å². The summed E-state index contributed by atoms with van der Waals surface area (Å²) < 4.78 is 15.4. The molecule has 182 valence electrons. The fourth-order valence-corrected chi connectivity index (χ4v) is 5.33. The Kier molecular flexibility index (Phi) is 6.04. The van der Waals surface area contributed by atoms with E-state index in [1.54, 1.807) is 17.2 Å². The number of carbonyl (C=O) groups is 2. The molecular weight excluding hydrogens is 517 g/mol. The molecule has 1 unspecified atom stereocenters. The summed E-state index contributed by atoms with van der Waals surface area (Å²) in [5.74, 6) is 0.623. The number of pyridine rings is 2. The highest BCUT2D eigenvalue weighted by Crippen LogP contribution is 2.33. The molecule has 0 aliphatic carbocycles. The molecule has 3 aromatic heterocycles. The van der Waals surface area contributed by atoms with Crippen molar-refractivity contribution >= 4 is 33.6 Å². The van der Waals surface area contributed by atoms with Gasteiger partial charge in [0.25, 0.3) is 0 Å². The third kappa shape index (κ3) is 4.52. The van der Waals surface area contributed by atoms with Gasteiger partial charge in [0.1, 0.15) is 22.5 Å². The molecule has 2 amide bonds. The molecule has 1 N–H and O–H groups in total. The van der Waals surface area contributed by atoms with Crippen LogP contribution in [0.4, 0.5) is 10.2 Å². The number of piperidine rings is 1. The molecule has 2 aliphatic rings. The van der Waals surface area contributed by atoms with Gasteiger partial charge in [0.2, 0.25) is 11.8 Å². The molecule has 11 heteroatoms. The predicted molar refractivity (Wildman–Crippen MR) is 130 cm³/mol. The van der Waals surface area contributed by atoms with Gasteiger partial charge in [-0.05, 0) is 71.9 Å². The number of halogens is 2. The average molecular weight is 542 g/mol.